The molecule has 0 aliphatic carbocycles. The third-order valence-electron chi connectivity index (χ3n) is 2.02. The summed E-state index contributed by atoms with van der Waals surface area (Å²) in [5.74, 6) is -0.462. The number of carbonyl (C=O) groups is 1. The van der Waals surface area contributed by atoms with E-state index < -0.39 is 5.97 Å². The largest absolute Gasteiger partial charge is 0.460 e. The molecule has 2 aromatic rings. The molecule has 0 fully saturated rings. The highest BCUT2D eigenvalue weighted by Gasteiger charge is 2.16. The van der Waals surface area contributed by atoms with E-state index in [2.05, 4.69) is 10.1 Å². The van der Waals surface area contributed by atoms with E-state index in [1.807, 2.05) is 0 Å². The summed E-state index contributed by atoms with van der Waals surface area (Å²) < 4.78 is 9.71. The van der Waals surface area contributed by atoms with E-state index in [1.165, 1.54) is 0 Å². The van der Waals surface area contributed by atoms with E-state index in [0.717, 1.165) is 0 Å². The van der Waals surface area contributed by atoms with Crippen molar-refractivity contribution in [3.63, 3.8) is 0 Å². The quantitative estimate of drug-likeness (QED) is 0.638. The van der Waals surface area contributed by atoms with Crippen molar-refractivity contribution in [2.45, 2.75) is 6.92 Å². The van der Waals surface area contributed by atoms with Crippen LogP contribution >= 0.6 is 0 Å². The molecule has 0 atom stereocenters. The first kappa shape index (κ1) is 11.1. The molecule has 88 valence electrons. The molecule has 6 heteroatoms. The molecule has 0 saturated heterocycles. The van der Waals surface area contributed by atoms with E-state index in [-0.39, 0.29) is 18.3 Å². The Morgan fingerprint density at radius 3 is 3.06 bits per heavy atom. The second kappa shape index (κ2) is 4.65. The highest BCUT2D eigenvalue weighted by Crippen LogP contribution is 2.19. The van der Waals surface area contributed by atoms with Gasteiger partial charge in [-0.25, -0.2) is 4.79 Å². The molecule has 0 aliphatic rings. The number of rotatable bonds is 3. The summed E-state index contributed by atoms with van der Waals surface area (Å²) in [6.45, 7) is 1.97. The minimum atomic E-state index is -0.605. The number of anilines is 1. The summed E-state index contributed by atoms with van der Waals surface area (Å²) in [5, 5.41) is 3.54. The van der Waals surface area contributed by atoms with E-state index >= 15 is 0 Å². The molecule has 0 unspecified atom stereocenters. The lowest BCUT2D eigenvalue weighted by Gasteiger charge is -1.95. The highest BCUT2D eigenvalue weighted by molar-refractivity contribution is 5.85. The van der Waals surface area contributed by atoms with Gasteiger partial charge in [-0.3, -0.25) is 0 Å². The van der Waals surface area contributed by atoms with Gasteiger partial charge in [0.1, 0.15) is 0 Å². The maximum absolute atomic E-state index is 11.3. The van der Waals surface area contributed by atoms with E-state index in [9.17, 15) is 4.79 Å². The van der Waals surface area contributed by atoms with Crippen LogP contribution in [0.15, 0.2) is 28.8 Å². The van der Waals surface area contributed by atoms with Gasteiger partial charge in [0.05, 0.1) is 6.61 Å². The SMILES string of the molecule is CCOC(=O)c1noc(-c2cccc(N)c2)n1. The molecule has 1 aromatic carbocycles. The monoisotopic (exact) mass is 233 g/mol. The van der Waals surface area contributed by atoms with Crippen molar-refractivity contribution in [3.8, 4) is 11.5 Å². The normalized spacial score (nSPS) is 10.2. The Morgan fingerprint density at radius 1 is 1.53 bits per heavy atom. The maximum atomic E-state index is 11.3. The van der Waals surface area contributed by atoms with E-state index in [1.54, 1.807) is 31.2 Å². The van der Waals surface area contributed by atoms with E-state index in [4.69, 9.17) is 15.0 Å². The van der Waals surface area contributed by atoms with Crippen molar-refractivity contribution >= 4 is 11.7 Å². The third-order valence-corrected chi connectivity index (χ3v) is 2.02. The predicted molar refractivity (Wildman–Crippen MR) is 60.1 cm³/mol. The van der Waals surface area contributed by atoms with Crippen LogP contribution in [0.5, 0.6) is 0 Å². The molecule has 1 heterocycles. The summed E-state index contributed by atoms with van der Waals surface area (Å²) in [5.41, 5.74) is 6.87. The third kappa shape index (κ3) is 2.41. The zero-order chi connectivity index (χ0) is 12.3. The minimum absolute atomic E-state index is 0.0933. The molecule has 0 radical (unpaired) electrons. The number of aromatic nitrogens is 2. The van der Waals surface area contributed by atoms with Crippen LogP contribution in [0.1, 0.15) is 17.5 Å². The van der Waals surface area contributed by atoms with Crippen molar-refractivity contribution < 1.29 is 14.1 Å². The molecule has 0 spiro atoms. The molecule has 0 saturated carbocycles. The lowest BCUT2D eigenvalue weighted by Crippen LogP contribution is -2.06. The smallest absolute Gasteiger partial charge is 0.379 e. The van der Waals surface area contributed by atoms with Crippen molar-refractivity contribution in [2.24, 2.45) is 0 Å². The fourth-order valence-corrected chi connectivity index (χ4v) is 1.29. The molecular formula is C11H11N3O3. The number of ether oxygens (including phenoxy) is 1. The number of nitrogen functional groups attached to an aromatic ring is 1. The second-order valence-electron chi connectivity index (χ2n) is 3.27. The molecular weight excluding hydrogens is 222 g/mol. The molecule has 2 N–H and O–H groups in total. The van der Waals surface area contributed by atoms with Gasteiger partial charge in [0.25, 0.3) is 11.7 Å². The zero-order valence-corrected chi connectivity index (χ0v) is 9.21. The van der Waals surface area contributed by atoms with E-state index in [0.29, 0.717) is 11.3 Å². The van der Waals surface area contributed by atoms with Crippen molar-refractivity contribution in [1.29, 1.82) is 0 Å². The fourth-order valence-electron chi connectivity index (χ4n) is 1.29. The Morgan fingerprint density at radius 2 is 2.35 bits per heavy atom. The topological polar surface area (TPSA) is 91.2 Å². The Labute approximate surface area is 97.4 Å². The van der Waals surface area contributed by atoms with Gasteiger partial charge in [0.2, 0.25) is 0 Å². The molecule has 17 heavy (non-hydrogen) atoms. The summed E-state index contributed by atoms with van der Waals surface area (Å²) in [6, 6.07) is 6.95. The highest BCUT2D eigenvalue weighted by atomic mass is 16.5. The van der Waals surface area contributed by atoms with Crippen LogP contribution in [0.2, 0.25) is 0 Å². The van der Waals surface area contributed by atoms with Gasteiger partial charge in [-0.15, -0.1) is 0 Å². The van der Waals surface area contributed by atoms with Crippen molar-refractivity contribution in [3.05, 3.63) is 30.1 Å². The molecule has 0 bridgehead atoms. The average molecular weight is 233 g/mol. The number of hydrogen-bond donors (Lipinski definition) is 1. The van der Waals surface area contributed by atoms with Crippen LogP contribution in [0.4, 0.5) is 5.69 Å². The number of benzene rings is 1. The maximum Gasteiger partial charge on any atom is 0.379 e. The Kier molecular flexibility index (Phi) is 3.04. The zero-order valence-electron chi connectivity index (χ0n) is 9.21. The van der Waals surface area contributed by atoms with Crippen LogP contribution in [0.3, 0.4) is 0 Å². The lowest BCUT2D eigenvalue weighted by atomic mass is 10.2. The summed E-state index contributed by atoms with van der Waals surface area (Å²) in [6.07, 6.45) is 0. The van der Waals surface area contributed by atoms with Crippen LogP contribution in [0.25, 0.3) is 11.5 Å². The molecule has 2 rings (SSSR count). The standard InChI is InChI=1S/C11H11N3O3/c1-2-16-11(15)9-13-10(17-14-9)7-4-3-5-8(12)6-7/h3-6H,2,12H2,1H3. The fraction of sp³-hybridized carbons (Fsp3) is 0.182. The van der Waals surface area contributed by atoms with Crippen LogP contribution in [0, 0.1) is 0 Å². The van der Waals surface area contributed by atoms with Gasteiger partial charge >= 0.3 is 5.97 Å². The first-order valence-electron chi connectivity index (χ1n) is 5.07. The predicted octanol–water partition coefficient (Wildman–Crippen LogP) is 1.50. The average Bonchev–Trinajstić information content (AvgIpc) is 2.78. The first-order valence-corrected chi connectivity index (χ1v) is 5.07. The van der Waals surface area contributed by atoms with Gasteiger partial charge in [-0.05, 0) is 30.3 Å². The van der Waals surface area contributed by atoms with Gasteiger partial charge in [-0.2, -0.15) is 4.98 Å². The molecule has 0 amide bonds. The Balaban J connectivity index is 2.27. The Hall–Kier alpha value is -2.37. The number of nitrogens with two attached hydrogens (primary N) is 1. The molecule has 0 aliphatic heterocycles. The molecule has 1 aromatic heterocycles. The number of esters is 1. The van der Waals surface area contributed by atoms with Crippen molar-refractivity contribution in [1.82, 2.24) is 10.1 Å². The number of carbonyl (C=O) groups excluding carboxylic acids is 1. The lowest BCUT2D eigenvalue weighted by molar-refractivity contribution is 0.0508. The van der Waals surface area contributed by atoms with Crippen LogP contribution in [-0.2, 0) is 4.74 Å². The second-order valence-corrected chi connectivity index (χ2v) is 3.27. The van der Waals surface area contributed by atoms with Gasteiger partial charge < -0.3 is 15.0 Å². The van der Waals surface area contributed by atoms with Crippen LogP contribution in [-0.4, -0.2) is 22.7 Å². The summed E-state index contributed by atoms with van der Waals surface area (Å²) in [7, 11) is 0. The van der Waals surface area contributed by atoms with Gasteiger partial charge in [-0.1, -0.05) is 6.07 Å². The van der Waals surface area contributed by atoms with Crippen LogP contribution < -0.4 is 5.73 Å². The number of nitrogens with zero attached hydrogens (tertiary/aromatic N) is 2. The number of hydrogen-bond acceptors (Lipinski definition) is 6. The molecule has 6 nitrogen and oxygen atoms in total. The van der Waals surface area contributed by atoms with Crippen molar-refractivity contribution in [2.75, 3.05) is 12.3 Å². The summed E-state index contributed by atoms with van der Waals surface area (Å²) in [4.78, 5) is 15.3. The summed E-state index contributed by atoms with van der Waals surface area (Å²) >= 11 is 0. The van der Waals surface area contributed by atoms with Gasteiger partial charge in [0.15, 0.2) is 0 Å². The minimum Gasteiger partial charge on any atom is -0.460 e. The first-order chi connectivity index (χ1) is 8.20. The Bertz CT molecular complexity index is 536. The van der Waals surface area contributed by atoms with Gasteiger partial charge in [0, 0.05) is 11.3 Å².